The van der Waals surface area contributed by atoms with Crippen molar-refractivity contribution in [3.05, 3.63) is 29.8 Å². The molecule has 2 fully saturated rings. The van der Waals surface area contributed by atoms with Gasteiger partial charge in [-0.25, -0.2) is 0 Å². The Balaban J connectivity index is 1.42. The Bertz CT molecular complexity index is 558. The fourth-order valence-corrected chi connectivity index (χ4v) is 3.04. The van der Waals surface area contributed by atoms with Crippen LogP contribution in [0, 0.1) is 11.8 Å². The van der Waals surface area contributed by atoms with Crippen LogP contribution in [0.3, 0.4) is 0 Å². The van der Waals surface area contributed by atoms with Gasteiger partial charge in [0, 0.05) is 18.2 Å². The molecule has 2 aliphatic rings. The van der Waals surface area contributed by atoms with Crippen molar-refractivity contribution in [1.29, 1.82) is 0 Å². The number of amides is 1. The van der Waals surface area contributed by atoms with E-state index >= 15 is 0 Å². The van der Waals surface area contributed by atoms with Crippen LogP contribution in [0.25, 0.3) is 0 Å². The molecule has 5 heteroatoms. The van der Waals surface area contributed by atoms with Crippen molar-refractivity contribution in [3.63, 3.8) is 0 Å². The SMILES string of the molecule is O=C(O)C1CCN(CCc2ccc(NC(=O)C3CC3)cc2)CC1. The Morgan fingerprint density at radius 1 is 1.04 bits per heavy atom. The predicted octanol–water partition coefficient (Wildman–Crippen LogP) is 2.37. The highest BCUT2D eigenvalue weighted by Crippen LogP contribution is 2.30. The van der Waals surface area contributed by atoms with Gasteiger partial charge in [0.05, 0.1) is 5.92 Å². The topological polar surface area (TPSA) is 69.6 Å². The maximum atomic E-state index is 11.7. The van der Waals surface area contributed by atoms with E-state index in [9.17, 15) is 9.59 Å². The number of anilines is 1. The van der Waals surface area contributed by atoms with Crippen LogP contribution >= 0.6 is 0 Å². The van der Waals surface area contributed by atoms with E-state index in [1.165, 1.54) is 5.56 Å². The molecule has 1 aliphatic heterocycles. The van der Waals surface area contributed by atoms with Crippen LogP contribution in [-0.2, 0) is 16.0 Å². The Hall–Kier alpha value is -1.88. The molecule has 124 valence electrons. The van der Waals surface area contributed by atoms with Crippen LogP contribution in [0.5, 0.6) is 0 Å². The summed E-state index contributed by atoms with van der Waals surface area (Å²) in [6.07, 6.45) is 4.49. The quantitative estimate of drug-likeness (QED) is 0.845. The third-order valence-corrected chi connectivity index (χ3v) is 4.82. The molecule has 1 saturated carbocycles. The highest BCUT2D eigenvalue weighted by molar-refractivity contribution is 5.93. The van der Waals surface area contributed by atoms with Crippen molar-refractivity contribution >= 4 is 17.6 Å². The van der Waals surface area contributed by atoms with Gasteiger partial charge in [-0.2, -0.15) is 0 Å². The molecule has 0 atom stereocenters. The number of aliphatic carboxylic acids is 1. The first-order chi connectivity index (χ1) is 11.1. The van der Waals surface area contributed by atoms with Gasteiger partial charge >= 0.3 is 5.97 Å². The van der Waals surface area contributed by atoms with Crippen molar-refractivity contribution in [2.45, 2.75) is 32.1 Å². The summed E-state index contributed by atoms with van der Waals surface area (Å²) >= 11 is 0. The van der Waals surface area contributed by atoms with E-state index in [1.807, 2.05) is 12.1 Å². The minimum absolute atomic E-state index is 0.138. The van der Waals surface area contributed by atoms with E-state index in [4.69, 9.17) is 5.11 Å². The van der Waals surface area contributed by atoms with Gasteiger partial charge in [-0.3, -0.25) is 9.59 Å². The van der Waals surface area contributed by atoms with Gasteiger partial charge in [0.1, 0.15) is 0 Å². The number of rotatable bonds is 6. The number of benzene rings is 1. The van der Waals surface area contributed by atoms with Gasteiger partial charge in [0.25, 0.3) is 0 Å². The van der Waals surface area contributed by atoms with Crippen LogP contribution < -0.4 is 5.32 Å². The normalized spacial score (nSPS) is 19.5. The zero-order valence-corrected chi connectivity index (χ0v) is 13.3. The summed E-state index contributed by atoms with van der Waals surface area (Å²) < 4.78 is 0. The number of carbonyl (C=O) groups excluding carboxylic acids is 1. The second-order valence-electron chi connectivity index (χ2n) is 6.66. The average molecular weight is 316 g/mol. The largest absolute Gasteiger partial charge is 0.481 e. The van der Waals surface area contributed by atoms with Crippen molar-refractivity contribution in [1.82, 2.24) is 4.90 Å². The monoisotopic (exact) mass is 316 g/mol. The summed E-state index contributed by atoms with van der Waals surface area (Å²) in [5.74, 6) is -0.462. The lowest BCUT2D eigenvalue weighted by molar-refractivity contribution is -0.143. The molecule has 0 aromatic heterocycles. The molecule has 1 amide bonds. The molecule has 2 N–H and O–H groups in total. The van der Waals surface area contributed by atoms with E-state index in [-0.39, 0.29) is 17.7 Å². The van der Waals surface area contributed by atoms with E-state index in [0.29, 0.717) is 0 Å². The lowest BCUT2D eigenvalue weighted by Gasteiger charge is -2.29. The maximum absolute atomic E-state index is 11.7. The Morgan fingerprint density at radius 2 is 1.70 bits per heavy atom. The molecule has 0 radical (unpaired) electrons. The predicted molar refractivity (Wildman–Crippen MR) is 88.3 cm³/mol. The van der Waals surface area contributed by atoms with Crippen LogP contribution in [0.2, 0.25) is 0 Å². The maximum Gasteiger partial charge on any atom is 0.306 e. The average Bonchev–Trinajstić information content (AvgIpc) is 3.39. The van der Waals surface area contributed by atoms with Gasteiger partial charge < -0.3 is 15.3 Å². The number of piperidine rings is 1. The first-order valence-corrected chi connectivity index (χ1v) is 8.47. The minimum Gasteiger partial charge on any atom is -0.481 e. The molecular weight excluding hydrogens is 292 g/mol. The number of nitrogens with zero attached hydrogens (tertiary/aromatic N) is 1. The molecule has 1 heterocycles. The Morgan fingerprint density at radius 3 is 2.26 bits per heavy atom. The Labute approximate surface area is 136 Å². The molecule has 5 nitrogen and oxygen atoms in total. The summed E-state index contributed by atoms with van der Waals surface area (Å²) in [5.41, 5.74) is 2.11. The van der Waals surface area contributed by atoms with E-state index in [0.717, 1.165) is 57.4 Å². The molecule has 23 heavy (non-hydrogen) atoms. The number of likely N-dealkylation sites (tertiary alicyclic amines) is 1. The van der Waals surface area contributed by atoms with Gasteiger partial charge in [-0.15, -0.1) is 0 Å². The lowest BCUT2D eigenvalue weighted by atomic mass is 9.97. The molecule has 1 aromatic rings. The molecule has 3 rings (SSSR count). The molecule has 0 spiro atoms. The van der Waals surface area contributed by atoms with E-state index in [1.54, 1.807) is 0 Å². The van der Waals surface area contributed by atoms with Crippen LogP contribution in [0.4, 0.5) is 5.69 Å². The number of nitrogens with one attached hydrogen (secondary N) is 1. The third-order valence-electron chi connectivity index (χ3n) is 4.82. The Kier molecular flexibility index (Phi) is 4.96. The van der Waals surface area contributed by atoms with E-state index < -0.39 is 5.97 Å². The molecule has 1 saturated heterocycles. The number of hydrogen-bond donors (Lipinski definition) is 2. The first kappa shape index (κ1) is 16.0. The number of carbonyl (C=O) groups is 2. The smallest absolute Gasteiger partial charge is 0.306 e. The number of hydrogen-bond acceptors (Lipinski definition) is 3. The van der Waals surface area contributed by atoms with E-state index in [2.05, 4.69) is 22.3 Å². The highest BCUT2D eigenvalue weighted by atomic mass is 16.4. The van der Waals surface area contributed by atoms with Gasteiger partial charge in [0.2, 0.25) is 5.91 Å². The molecular formula is C18H24N2O3. The third kappa shape index (κ3) is 4.55. The highest BCUT2D eigenvalue weighted by Gasteiger charge is 2.29. The standard InChI is InChI=1S/C18H24N2O3/c21-17(14-3-4-14)19-16-5-1-13(2-6-16)7-10-20-11-8-15(9-12-20)18(22)23/h1-2,5-6,14-15H,3-4,7-12H2,(H,19,21)(H,22,23). The zero-order chi connectivity index (χ0) is 16.2. The minimum atomic E-state index is -0.659. The summed E-state index contributed by atoms with van der Waals surface area (Å²) in [4.78, 5) is 25.0. The molecule has 1 aromatic carbocycles. The van der Waals surface area contributed by atoms with Gasteiger partial charge in [-0.05, 0) is 62.9 Å². The van der Waals surface area contributed by atoms with Crippen LogP contribution in [0.15, 0.2) is 24.3 Å². The lowest BCUT2D eigenvalue weighted by Crippen LogP contribution is -2.37. The second-order valence-corrected chi connectivity index (χ2v) is 6.66. The van der Waals surface area contributed by atoms with Crippen LogP contribution in [-0.4, -0.2) is 41.5 Å². The molecule has 0 unspecified atom stereocenters. The van der Waals surface area contributed by atoms with Crippen molar-refractivity contribution < 1.29 is 14.7 Å². The van der Waals surface area contributed by atoms with Gasteiger partial charge in [-0.1, -0.05) is 12.1 Å². The molecule has 1 aliphatic carbocycles. The van der Waals surface area contributed by atoms with Crippen molar-refractivity contribution in [3.8, 4) is 0 Å². The van der Waals surface area contributed by atoms with Crippen LogP contribution in [0.1, 0.15) is 31.2 Å². The summed E-state index contributed by atoms with van der Waals surface area (Å²) in [6.45, 7) is 2.69. The summed E-state index contributed by atoms with van der Waals surface area (Å²) in [5, 5.41) is 12.0. The zero-order valence-electron chi connectivity index (χ0n) is 13.3. The summed E-state index contributed by atoms with van der Waals surface area (Å²) in [7, 11) is 0. The van der Waals surface area contributed by atoms with Crippen molar-refractivity contribution in [2.24, 2.45) is 11.8 Å². The van der Waals surface area contributed by atoms with Crippen molar-refractivity contribution in [2.75, 3.05) is 25.0 Å². The molecule has 0 bridgehead atoms. The fourth-order valence-electron chi connectivity index (χ4n) is 3.04. The summed E-state index contributed by atoms with van der Waals surface area (Å²) in [6, 6.07) is 8.05. The van der Waals surface area contributed by atoms with Gasteiger partial charge in [0.15, 0.2) is 0 Å². The fraction of sp³-hybridized carbons (Fsp3) is 0.556. The number of carboxylic acids is 1. The second kappa shape index (κ2) is 7.13. The first-order valence-electron chi connectivity index (χ1n) is 8.47. The number of carboxylic acid groups (broad SMARTS) is 1.